The Morgan fingerprint density at radius 2 is 1.78 bits per heavy atom. The van der Waals surface area contributed by atoms with Crippen LogP contribution in [0.3, 0.4) is 0 Å². The molecule has 0 saturated carbocycles. The molecule has 0 spiro atoms. The van der Waals surface area contributed by atoms with Crippen LogP contribution in [-0.4, -0.2) is 39.7 Å². The van der Waals surface area contributed by atoms with Crippen LogP contribution in [-0.2, 0) is 16.4 Å². The number of nitrogens with zero attached hydrogens (tertiary/aromatic N) is 5. The van der Waals surface area contributed by atoms with Crippen molar-refractivity contribution in [3.63, 3.8) is 0 Å². The Bertz CT molecular complexity index is 1480. The van der Waals surface area contributed by atoms with Crippen molar-refractivity contribution in [1.29, 1.82) is 0 Å². The second-order valence-corrected chi connectivity index (χ2v) is 10.1. The van der Waals surface area contributed by atoms with Gasteiger partial charge in [0.15, 0.2) is 5.82 Å². The summed E-state index contributed by atoms with van der Waals surface area (Å²) in [7, 11) is -3.87. The zero-order chi connectivity index (χ0) is 22.5. The van der Waals surface area contributed by atoms with E-state index in [0.717, 1.165) is 5.56 Å². The van der Waals surface area contributed by atoms with Gasteiger partial charge in [0, 0.05) is 36.3 Å². The first-order valence-electron chi connectivity index (χ1n) is 9.73. The number of H-pyrrole nitrogens is 1. The molecular weight excluding hydrogens is 496 g/mol. The molecule has 0 bridgehead atoms. The summed E-state index contributed by atoms with van der Waals surface area (Å²) in [5.74, 6) is 0.456. The van der Waals surface area contributed by atoms with Gasteiger partial charge < -0.3 is 0 Å². The number of anilines is 1. The average Bonchev–Trinajstić information content (AvgIpc) is 3.01. The van der Waals surface area contributed by atoms with Crippen molar-refractivity contribution in [2.45, 2.75) is 18.2 Å². The molecule has 162 valence electrons. The average molecular weight is 513 g/mol. The molecule has 4 heterocycles. The molecule has 5 rings (SSSR count). The number of nitrogens with one attached hydrogen (secondary N) is 1. The quantitative estimate of drug-likeness (QED) is 0.451. The van der Waals surface area contributed by atoms with Gasteiger partial charge in [-0.1, -0.05) is 17.7 Å². The Balaban J connectivity index is 1.66. The molecule has 1 aliphatic heterocycles. The van der Waals surface area contributed by atoms with E-state index in [-0.39, 0.29) is 35.2 Å². The van der Waals surface area contributed by atoms with Crippen molar-refractivity contribution in [1.82, 2.24) is 24.7 Å². The highest BCUT2D eigenvalue weighted by atomic mass is 79.9. The molecule has 0 aliphatic carbocycles. The number of aromatic nitrogens is 5. The fourth-order valence-electron chi connectivity index (χ4n) is 3.67. The maximum absolute atomic E-state index is 13.5. The molecule has 0 radical (unpaired) electrons. The highest BCUT2D eigenvalue weighted by Gasteiger charge is 2.33. The summed E-state index contributed by atoms with van der Waals surface area (Å²) in [6.07, 6.45) is 4.84. The number of hydrogen-bond donors (Lipinski definition) is 1. The standard InChI is InChI=1S/C21H17BrN6O3S/c1-13-4-6-15(7-5-13)32(30,31)27-10-8-17-18(16-3-2-9-23-19(16)27)26-28(20(17)29)21-24-11-14(22)12-25-21/h2-7,9,11-12,26H,8,10H2,1H3. The molecule has 0 unspecified atom stereocenters. The molecule has 1 N–H and O–H groups in total. The van der Waals surface area contributed by atoms with Crippen LogP contribution in [0, 0.1) is 6.92 Å². The van der Waals surface area contributed by atoms with Crippen LogP contribution < -0.4 is 9.86 Å². The zero-order valence-electron chi connectivity index (χ0n) is 16.9. The first-order chi connectivity index (χ1) is 15.4. The summed E-state index contributed by atoms with van der Waals surface area (Å²) in [6, 6.07) is 10.1. The molecule has 1 aromatic carbocycles. The number of sulfonamides is 1. The van der Waals surface area contributed by atoms with Gasteiger partial charge in [-0.05, 0) is 53.5 Å². The summed E-state index contributed by atoms with van der Waals surface area (Å²) < 4.78 is 30.1. The second kappa shape index (κ2) is 7.68. The lowest BCUT2D eigenvalue weighted by Gasteiger charge is -2.23. The lowest BCUT2D eigenvalue weighted by Crippen LogP contribution is -2.34. The third-order valence-electron chi connectivity index (χ3n) is 5.26. The molecule has 0 atom stereocenters. The van der Waals surface area contributed by atoms with E-state index in [1.807, 2.05) is 6.92 Å². The number of pyridine rings is 1. The topological polar surface area (TPSA) is 114 Å². The normalized spacial score (nSPS) is 13.4. The summed E-state index contributed by atoms with van der Waals surface area (Å²) >= 11 is 3.28. The molecule has 9 nitrogen and oxygen atoms in total. The van der Waals surface area contributed by atoms with Crippen LogP contribution >= 0.6 is 15.9 Å². The van der Waals surface area contributed by atoms with Gasteiger partial charge >= 0.3 is 0 Å². The third-order valence-corrected chi connectivity index (χ3v) is 7.47. The maximum atomic E-state index is 13.5. The van der Waals surface area contributed by atoms with E-state index in [1.165, 1.54) is 15.2 Å². The van der Waals surface area contributed by atoms with E-state index in [2.05, 4.69) is 36.0 Å². The van der Waals surface area contributed by atoms with E-state index in [9.17, 15) is 13.2 Å². The minimum absolute atomic E-state index is 0.0709. The van der Waals surface area contributed by atoms with Crippen molar-refractivity contribution in [3.05, 3.63) is 80.9 Å². The Kier molecular flexibility index (Phi) is 4.94. The van der Waals surface area contributed by atoms with Crippen LogP contribution in [0.2, 0.25) is 0 Å². The third kappa shape index (κ3) is 3.33. The number of aromatic amines is 1. The van der Waals surface area contributed by atoms with E-state index in [1.54, 1.807) is 48.8 Å². The number of hydrogen-bond acceptors (Lipinski definition) is 6. The molecule has 11 heteroatoms. The molecule has 3 aromatic heterocycles. The van der Waals surface area contributed by atoms with Crippen LogP contribution in [0.1, 0.15) is 11.1 Å². The molecular formula is C21H17BrN6O3S. The smallest absolute Gasteiger partial charge is 0.277 e. The van der Waals surface area contributed by atoms with E-state index in [4.69, 9.17) is 0 Å². The van der Waals surface area contributed by atoms with Gasteiger partial charge in [0.2, 0.25) is 0 Å². The minimum Gasteiger partial charge on any atom is -0.287 e. The van der Waals surface area contributed by atoms with Gasteiger partial charge in [0.05, 0.1) is 15.1 Å². The van der Waals surface area contributed by atoms with Gasteiger partial charge in [-0.3, -0.25) is 9.89 Å². The van der Waals surface area contributed by atoms with Gasteiger partial charge in [0.25, 0.3) is 21.5 Å². The zero-order valence-corrected chi connectivity index (χ0v) is 19.3. The summed E-state index contributed by atoms with van der Waals surface area (Å²) in [4.78, 5) is 26.1. The van der Waals surface area contributed by atoms with Gasteiger partial charge in [0.1, 0.15) is 0 Å². The fraction of sp³-hybridized carbons (Fsp3) is 0.143. The molecule has 32 heavy (non-hydrogen) atoms. The van der Waals surface area contributed by atoms with E-state index >= 15 is 0 Å². The van der Waals surface area contributed by atoms with Crippen molar-refractivity contribution >= 4 is 31.8 Å². The lowest BCUT2D eigenvalue weighted by atomic mass is 10.1. The Morgan fingerprint density at radius 3 is 2.50 bits per heavy atom. The van der Waals surface area contributed by atoms with Crippen molar-refractivity contribution in [2.75, 3.05) is 10.8 Å². The first-order valence-corrected chi connectivity index (χ1v) is 12.0. The monoisotopic (exact) mass is 512 g/mol. The summed E-state index contributed by atoms with van der Waals surface area (Å²) in [5.41, 5.74) is 2.11. The van der Waals surface area contributed by atoms with Gasteiger partial charge in [-0.2, -0.15) is 4.68 Å². The van der Waals surface area contributed by atoms with Crippen LogP contribution in [0.4, 0.5) is 5.82 Å². The number of aryl methyl sites for hydroxylation is 1. The molecule has 0 amide bonds. The number of halogens is 1. The van der Waals surface area contributed by atoms with Gasteiger partial charge in [-0.15, -0.1) is 0 Å². The fourth-order valence-corrected chi connectivity index (χ4v) is 5.31. The van der Waals surface area contributed by atoms with Crippen molar-refractivity contribution in [3.8, 4) is 17.2 Å². The maximum Gasteiger partial charge on any atom is 0.277 e. The van der Waals surface area contributed by atoms with Crippen LogP contribution in [0.25, 0.3) is 17.2 Å². The largest absolute Gasteiger partial charge is 0.287 e. The minimum atomic E-state index is -3.87. The Hall–Kier alpha value is -3.31. The SMILES string of the molecule is Cc1ccc(S(=O)(=O)N2CCc3c([nH]n(-c4ncc(Br)cn4)c3=O)-c3cccnc32)cc1. The van der Waals surface area contributed by atoms with Crippen LogP contribution in [0.5, 0.6) is 0 Å². The predicted octanol–water partition coefficient (Wildman–Crippen LogP) is 2.84. The number of benzene rings is 1. The predicted molar refractivity (Wildman–Crippen MR) is 122 cm³/mol. The van der Waals surface area contributed by atoms with Crippen molar-refractivity contribution in [2.24, 2.45) is 0 Å². The highest BCUT2D eigenvalue weighted by Crippen LogP contribution is 2.35. The summed E-state index contributed by atoms with van der Waals surface area (Å²) in [6.45, 7) is 1.97. The first kappa shape index (κ1) is 20.6. The Morgan fingerprint density at radius 1 is 1.06 bits per heavy atom. The Labute approximate surface area is 192 Å². The van der Waals surface area contributed by atoms with E-state index < -0.39 is 10.0 Å². The lowest BCUT2D eigenvalue weighted by molar-refractivity contribution is 0.590. The van der Waals surface area contributed by atoms with Crippen LogP contribution in [0.15, 0.2) is 69.2 Å². The molecule has 4 aromatic rings. The molecule has 0 saturated heterocycles. The van der Waals surface area contributed by atoms with Gasteiger partial charge in [-0.25, -0.2) is 27.7 Å². The highest BCUT2D eigenvalue weighted by molar-refractivity contribution is 9.10. The summed E-state index contributed by atoms with van der Waals surface area (Å²) in [5, 5.41) is 3.06. The second-order valence-electron chi connectivity index (χ2n) is 7.32. The molecule has 1 aliphatic rings. The van der Waals surface area contributed by atoms with E-state index in [0.29, 0.717) is 21.3 Å². The molecule has 0 fully saturated rings. The number of fused-ring (bicyclic) bond motifs is 3. The number of rotatable bonds is 3. The van der Waals surface area contributed by atoms with Crippen molar-refractivity contribution < 1.29 is 8.42 Å².